The summed E-state index contributed by atoms with van der Waals surface area (Å²) in [6.07, 6.45) is 0.427. The van der Waals surface area contributed by atoms with Gasteiger partial charge in [-0.2, -0.15) is 0 Å². The average molecular weight is 364 g/mol. The highest BCUT2D eigenvalue weighted by atomic mass is 16.6. The van der Waals surface area contributed by atoms with Gasteiger partial charge in [0.05, 0.1) is 6.61 Å². The van der Waals surface area contributed by atoms with Gasteiger partial charge >= 0.3 is 6.09 Å². The van der Waals surface area contributed by atoms with Crippen molar-refractivity contribution < 1.29 is 19.1 Å². The fourth-order valence-corrected chi connectivity index (χ4v) is 2.31. The lowest BCUT2D eigenvalue weighted by molar-refractivity contribution is -0.120. The molecule has 0 heterocycles. The van der Waals surface area contributed by atoms with E-state index in [9.17, 15) is 9.59 Å². The minimum absolute atomic E-state index is 0.108. The largest absolute Gasteiger partial charge is 0.493 e. The molecule has 6 heteroatoms. The Hall–Kier alpha value is -2.24. The Labute approximate surface area is 156 Å². The zero-order chi connectivity index (χ0) is 19.7. The summed E-state index contributed by atoms with van der Waals surface area (Å²) < 4.78 is 10.9. The monoisotopic (exact) mass is 364 g/mol. The standard InChI is InChI=1S/C20H32N2O4/c1-14-12-15(2)16(3)17(13-14)25-11-7-9-21-18(23)8-10-22-19(24)26-20(4,5)6/h12-13H,7-11H2,1-6H3,(H,21,23)(H,22,24). The van der Waals surface area contributed by atoms with E-state index < -0.39 is 11.7 Å². The highest BCUT2D eigenvalue weighted by Gasteiger charge is 2.15. The zero-order valence-electron chi connectivity index (χ0n) is 16.8. The van der Waals surface area contributed by atoms with E-state index >= 15 is 0 Å². The van der Waals surface area contributed by atoms with E-state index in [4.69, 9.17) is 9.47 Å². The lowest BCUT2D eigenvalue weighted by atomic mass is 10.1. The summed E-state index contributed by atoms with van der Waals surface area (Å²) in [5.41, 5.74) is 2.99. The van der Waals surface area contributed by atoms with E-state index in [1.54, 1.807) is 20.8 Å². The second-order valence-electron chi connectivity index (χ2n) is 7.44. The van der Waals surface area contributed by atoms with E-state index in [1.807, 2.05) is 19.9 Å². The number of alkyl carbamates (subject to hydrolysis) is 1. The number of rotatable bonds is 8. The molecule has 0 unspecified atom stereocenters. The van der Waals surface area contributed by atoms with Crippen molar-refractivity contribution in [1.29, 1.82) is 0 Å². The second kappa shape index (κ2) is 10.0. The van der Waals surface area contributed by atoms with Gasteiger partial charge in [0.2, 0.25) is 5.91 Å². The molecule has 0 saturated carbocycles. The minimum Gasteiger partial charge on any atom is -0.493 e. The molecule has 0 atom stereocenters. The molecule has 26 heavy (non-hydrogen) atoms. The van der Waals surface area contributed by atoms with Gasteiger partial charge in [-0.3, -0.25) is 4.79 Å². The maximum Gasteiger partial charge on any atom is 0.407 e. The summed E-state index contributed by atoms with van der Waals surface area (Å²) in [4.78, 5) is 23.2. The molecule has 0 aromatic heterocycles. The van der Waals surface area contributed by atoms with Crippen molar-refractivity contribution in [3.05, 3.63) is 28.8 Å². The molecule has 6 nitrogen and oxygen atoms in total. The summed E-state index contributed by atoms with van der Waals surface area (Å²) >= 11 is 0. The van der Waals surface area contributed by atoms with E-state index in [-0.39, 0.29) is 18.9 Å². The quantitative estimate of drug-likeness (QED) is 0.693. The predicted octanol–water partition coefficient (Wildman–Crippen LogP) is 3.41. The number of hydrogen-bond donors (Lipinski definition) is 2. The first-order valence-electron chi connectivity index (χ1n) is 9.02. The van der Waals surface area contributed by atoms with Crippen LogP contribution in [0.1, 0.15) is 50.3 Å². The van der Waals surface area contributed by atoms with Crippen molar-refractivity contribution in [2.75, 3.05) is 19.7 Å². The van der Waals surface area contributed by atoms with Crippen LogP contribution in [0.4, 0.5) is 4.79 Å². The van der Waals surface area contributed by atoms with Crippen LogP contribution in [0.2, 0.25) is 0 Å². The Kier molecular flexibility index (Phi) is 8.42. The van der Waals surface area contributed by atoms with Crippen LogP contribution in [0.3, 0.4) is 0 Å². The third-order valence-electron chi connectivity index (χ3n) is 3.69. The van der Waals surface area contributed by atoms with Crippen molar-refractivity contribution >= 4 is 12.0 Å². The van der Waals surface area contributed by atoms with E-state index in [2.05, 4.69) is 23.6 Å². The molecule has 0 radical (unpaired) electrons. The summed E-state index contributed by atoms with van der Waals surface area (Å²) in [6, 6.07) is 4.16. The predicted molar refractivity (Wildman–Crippen MR) is 103 cm³/mol. The number of carbonyl (C=O) groups excluding carboxylic acids is 2. The number of benzene rings is 1. The molecule has 0 saturated heterocycles. The first kappa shape index (κ1) is 21.8. The molecule has 0 fully saturated rings. The highest BCUT2D eigenvalue weighted by Crippen LogP contribution is 2.23. The summed E-state index contributed by atoms with van der Waals surface area (Å²) in [6.45, 7) is 12.9. The number of aryl methyl sites for hydroxylation is 2. The van der Waals surface area contributed by atoms with Crippen molar-refractivity contribution in [1.82, 2.24) is 10.6 Å². The van der Waals surface area contributed by atoms with Gasteiger partial charge in [-0.1, -0.05) is 6.07 Å². The van der Waals surface area contributed by atoms with Crippen molar-refractivity contribution in [2.24, 2.45) is 0 Å². The normalized spacial score (nSPS) is 11.0. The Bertz CT molecular complexity index is 621. The molecular weight excluding hydrogens is 332 g/mol. The van der Waals surface area contributed by atoms with Crippen molar-refractivity contribution in [3.63, 3.8) is 0 Å². The minimum atomic E-state index is -0.541. The van der Waals surface area contributed by atoms with Crippen LogP contribution in [0.15, 0.2) is 12.1 Å². The van der Waals surface area contributed by atoms with Crippen LogP contribution in [-0.4, -0.2) is 37.3 Å². The topological polar surface area (TPSA) is 76.7 Å². The van der Waals surface area contributed by atoms with Crippen LogP contribution in [-0.2, 0) is 9.53 Å². The number of amides is 2. The van der Waals surface area contributed by atoms with E-state index in [0.29, 0.717) is 13.2 Å². The Morgan fingerprint density at radius 1 is 1.04 bits per heavy atom. The number of carbonyl (C=O) groups is 2. The van der Waals surface area contributed by atoms with E-state index in [1.165, 1.54) is 11.1 Å². The SMILES string of the molecule is Cc1cc(C)c(C)c(OCCCNC(=O)CCNC(=O)OC(C)(C)C)c1. The molecule has 0 bridgehead atoms. The Morgan fingerprint density at radius 3 is 2.38 bits per heavy atom. The third-order valence-corrected chi connectivity index (χ3v) is 3.69. The second-order valence-corrected chi connectivity index (χ2v) is 7.44. The van der Waals surface area contributed by atoms with Crippen LogP contribution < -0.4 is 15.4 Å². The van der Waals surface area contributed by atoms with Gasteiger partial charge in [-0.15, -0.1) is 0 Å². The van der Waals surface area contributed by atoms with Gasteiger partial charge in [-0.25, -0.2) is 4.79 Å². The van der Waals surface area contributed by atoms with Gasteiger partial charge in [0.25, 0.3) is 0 Å². The van der Waals surface area contributed by atoms with Gasteiger partial charge in [-0.05, 0) is 70.7 Å². The van der Waals surface area contributed by atoms with Crippen LogP contribution >= 0.6 is 0 Å². The fraction of sp³-hybridized carbons (Fsp3) is 0.600. The lowest BCUT2D eigenvalue weighted by Crippen LogP contribution is -2.35. The molecule has 2 N–H and O–H groups in total. The lowest BCUT2D eigenvalue weighted by Gasteiger charge is -2.19. The highest BCUT2D eigenvalue weighted by molar-refractivity contribution is 5.77. The summed E-state index contributed by atoms with van der Waals surface area (Å²) in [5.74, 6) is 0.791. The molecule has 0 aliphatic carbocycles. The van der Waals surface area contributed by atoms with E-state index in [0.717, 1.165) is 17.7 Å². The van der Waals surface area contributed by atoms with Crippen molar-refractivity contribution in [2.45, 2.75) is 60.0 Å². The molecule has 0 aliphatic rings. The van der Waals surface area contributed by atoms with Gasteiger partial charge < -0.3 is 20.1 Å². The molecular formula is C20H32N2O4. The molecule has 1 aromatic carbocycles. The Balaban J connectivity index is 2.16. The summed E-state index contributed by atoms with van der Waals surface area (Å²) in [5, 5.41) is 5.38. The first-order chi connectivity index (χ1) is 12.1. The van der Waals surface area contributed by atoms with Crippen LogP contribution in [0, 0.1) is 20.8 Å². The zero-order valence-corrected chi connectivity index (χ0v) is 16.8. The number of hydrogen-bond acceptors (Lipinski definition) is 4. The number of ether oxygens (including phenoxy) is 2. The molecule has 0 aliphatic heterocycles. The van der Waals surface area contributed by atoms with Crippen LogP contribution in [0.5, 0.6) is 5.75 Å². The van der Waals surface area contributed by atoms with Gasteiger partial charge in [0, 0.05) is 19.5 Å². The maximum atomic E-state index is 11.7. The first-order valence-corrected chi connectivity index (χ1v) is 9.02. The van der Waals surface area contributed by atoms with Crippen molar-refractivity contribution in [3.8, 4) is 5.75 Å². The smallest absolute Gasteiger partial charge is 0.407 e. The molecule has 146 valence electrons. The molecule has 1 rings (SSSR count). The number of nitrogens with one attached hydrogen (secondary N) is 2. The third kappa shape index (κ3) is 8.74. The van der Waals surface area contributed by atoms with Gasteiger partial charge in [0.15, 0.2) is 0 Å². The van der Waals surface area contributed by atoms with Gasteiger partial charge in [0.1, 0.15) is 11.4 Å². The molecule has 2 amide bonds. The summed E-state index contributed by atoms with van der Waals surface area (Å²) in [7, 11) is 0. The molecule has 1 aromatic rings. The average Bonchev–Trinajstić information content (AvgIpc) is 2.49. The maximum absolute atomic E-state index is 11.7. The van der Waals surface area contributed by atoms with Crippen LogP contribution in [0.25, 0.3) is 0 Å². The molecule has 0 spiro atoms. The Morgan fingerprint density at radius 2 is 1.73 bits per heavy atom. The fourth-order valence-electron chi connectivity index (χ4n) is 2.31.